The van der Waals surface area contributed by atoms with Crippen LogP contribution in [-0.2, 0) is 16.8 Å². The van der Waals surface area contributed by atoms with E-state index >= 15 is 0 Å². The topological polar surface area (TPSA) is 144 Å². The minimum atomic E-state index is -5.02. The molecule has 0 spiro atoms. The first-order valence-electron chi connectivity index (χ1n) is 8.70. The van der Waals surface area contributed by atoms with Crippen molar-refractivity contribution >= 4 is 33.1 Å². The normalized spacial score (nSPS) is 11.5. The first-order chi connectivity index (χ1) is 14.3. The maximum absolute atomic E-state index is 13.4. The molecule has 2 heterocycles. The van der Waals surface area contributed by atoms with Crippen molar-refractivity contribution in [3.63, 3.8) is 0 Å². The van der Waals surface area contributed by atoms with Crippen molar-refractivity contribution in [1.82, 2.24) is 25.3 Å². The van der Waals surface area contributed by atoms with Crippen LogP contribution in [0.1, 0.15) is 15.9 Å². The van der Waals surface area contributed by atoms with E-state index in [1.54, 1.807) is 18.2 Å². The van der Waals surface area contributed by atoms with E-state index in [2.05, 4.69) is 25.3 Å². The van der Waals surface area contributed by atoms with Crippen molar-refractivity contribution in [3.8, 4) is 11.4 Å². The maximum atomic E-state index is 13.4. The zero-order valence-corrected chi connectivity index (χ0v) is 16.1. The van der Waals surface area contributed by atoms with Gasteiger partial charge in [0.25, 0.3) is 5.91 Å². The number of carbonyl (C=O) groups excluding carboxylic acids is 1. The quantitative estimate of drug-likeness (QED) is 0.415. The summed E-state index contributed by atoms with van der Waals surface area (Å²) in [6.07, 6.45) is 1.32. The van der Waals surface area contributed by atoms with Crippen LogP contribution >= 0.6 is 0 Å². The SMILES string of the molecule is Nc1ncnc2nc(-c3cccc(CNC(=O)c4ccccc4S(=O)(=O)F)c3)[nH]c12. The van der Waals surface area contributed by atoms with Gasteiger partial charge in [-0.2, -0.15) is 8.42 Å². The average molecular weight is 426 g/mol. The lowest BCUT2D eigenvalue weighted by atomic mass is 10.1. The van der Waals surface area contributed by atoms with E-state index in [0.29, 0.717) is 17.0 Å². The molecule has 4 aromatic rings. The summed E-state index contributed by atoms with van der Waals surface area (Å²) in [5.74, 6) is 0.104. The summed E-state index contributed by atoms with van der Waals surface area (Å²) in [7, 11) is -5.02. The van der Waals surface area contributed by atoms with Gasteiger partial charge >= 0.3 is 10.2 Å². The van der Waals surface area contributed by atoms with E-state index in [9.17, 15) is 17.1 Å². The summed E-state index contributed by atoms with van der Waals surface area (Å²) in [5, 5.41) is 2.60. The minimum absolute atomic E-state index is 0.0928. The number of imidazole rings is 1. The van der Waals surface area contributed by atoms with Crippen molar-refractivity contribution in [2.24, 2.45) is 0 Å². The molecule has 1 amide bonds. The van der Waals surface area contributed by atoms with Crippen molar-refractivity contribution in [3.05, 3.63) is 66.0 Å². The molecule has 4 rings (SSSR count). The first kappa shape index (κ1) is 19.5. The highest BCUT2D eigenvalue weighted by Gasteiger charge is 2.21. The number of nitrogens with two attached hydrogens (primary N) is 1. The van der Waals surface area contributed by atoms with Gasteiger partial charge in [0.1, 0.15) is 22.6 Å². The van der Waals surface area contributed by atoms with Gasteiger partial charge in [-0.1, -0.05) is 30.3 Å². The zero-order valence-electron chi connectivity index (χ0n) is 15.3. The zero-order chi connectivity index (χ0) is 21.3. The van der Waals surface area contributed by atoms with Crippen LogP contribution in [0.2, 0.25) is 0 Å². The highest BCUT2D eigenvalue weighted by molar-refractivity contribution is 7.86. The molecule has 0 aliphatic rings. The Kier molecular flexibility index (Phi) is 4.88. The van der Waals surface area contributed by atoms with Crippen LogP contribution in [-0.4, -0.2) is 34.3 Å². The number of fused-ring (bicyclic) bond motifs is 1. The van der Waals surface area contributed by atoms with Gasteiger partial charge in [0.05, 0.1) is 5.56 Å². The number of H-pyrrole nitrogens is 1. The second kappa shape index (κ2) is 7.52. The second-order valence-electron chi connectivity index (χ2n) is 6.36. The number of aromatic nitrogens is 4. The largest absolute Gasteiger partial charge is 0.382 e. The molecule has 0 fully saturated rings. The standard InChI is InChI=1S/C19H15FN6O3S/c20-30(28,29)14-7-2-1-6-13(14)19(27)22-9-11-4-3-5-12(8-11)17-25-15-16(21)23-10-24-18(15)26-17/h1-8,10H,9H2,(H,22,27)(H3,21,23,24,25,26). The fourth-order valence-electron chi connectivity index (χ4n) is 2.96. The molecule has 11 heteroatoms. The molecule has 0 bridgehead atoms. The highest BCUT2D eigenvalue weighted by Crippen LogP contribution is 2.22. The average Bonchev–Trinajstić information content (AvgIpc) is 3.17. The Bertz CT molecular complexity index is 1370. The molecule has 152 valence electrons. The van der Waals surface area contributed by atoms with Crippen LogP contribution in [0.3, 0.4) is 0 Å². The maximum Gasteiger partial charge on any atom is 0.332 e. The third-order valence-electron chi connectivity index (χ3n) is 4.37. The number of nitrogens with zero attached hydrogens (tertiary/aromatic N) is 3. The fraction of sp³-hybridized carbons (Fsp3) is 0.0526. The van der Waals surface area contributed by atoms with Crippen LogP contribution in [0.4, 0.5) is 9.70 Å². The molecule has 4 N–H and O–H groups in total. The molecule has 2 aromatic heterocycles. The van der Waals surface area contributed by atoms with Gasteiger partial charge in [0.2, 0.25) is 0 Å². The lowest BCUT2D eigenvalue weighted by molar-refractivity contribution is 0.0947. The molecule has 0 unspecified atom stereocenters. The Labute approximate surface area is 170 Å². The number of carbonyl (C=O) groups is 1. The summed E-state index contributed by atoms with van der Waals surface area (Å²) < 4.78 is 35.9. The molecule has 0 saturated carbocycles. The van der Waals surface area contributed by atoms with E-state index < -0.39 is 21.0 Å². The lowest BCUT2D eigenvalue weighted by Crippen LogP contribution is -2.24. The molecule has 0 saturated heterocycles. The number of rotatable bonds is 5. The Morgan fingerprint density at radius 1 is 1.13 bits per heavy atom. The number of nitrogens with one attached hydrogen (secondary N) is 2. The summed E-state index contributed by atoms with van der Waals surface area (Å²) in [6, 6.07) is 12.3. The molecule has 0 radical (unpaired) electrons. The van der Waals surface area contributed by atoms with Gasteiger partial charge in [-0.05, 0) is 23.8 Å². The third kappa shape index (κ3) is 3.82. The number of aromatic amines is 1. The van der Waals surface area contributed by atoms with Crippen molar-refractivity contribution < 1.29 is 17.1 Å². The van der Waals surface area contributed by atoms with E-state index in [-0.39, 0.29) is 17.9 Å². The number of halogens is 1. The number of hydrogen-bond acceptors (Lipinski definition) is 7. The lowest BCUT2D eigenvalue weighted by Gasteiger charge is -2.08. The molecule has 2 aromatic carbocycles. The first-order valence-corrected chi connectivity index (χ1v) is 10.1. The van der Waals surface area contributed by atoms with Gasteiger partial charge in [0, 0.05) is 12.1 Å². The summed E-state index contributed by atoms with van der Waals surface area (Å²) in [4.78, 5) is 27.2. The van der Waals surface area contributed by atoms with E-state index in [4.69, 9.17) is 5.73 Å². The van der Waals surface area contributed by atoms with Gasteiger partial charge < -0.3 is 16.0 Å². The Balaban J connectivity index is 1.56. The van der Waals surface area contributed by atoms with Gasteiger partial charge in [0.15, 0.2) is 11.5 Å². The van der Waals surface area contributed by atoms with Crippen LogP contribution in [0.15, 0.2) is 59.8 Å². The molecule has 30 heavy (non-hydrogen) atoms. The number of hydrogen-bond donors (Lipinski definition) is 3. The van der Waals surface area contributed by atoms with Crippen LogP contribution in [0.5, 0.6) is 0 Å². The Hall–Kier alpha value is -3.86. The van der Waals surface area contributed by atoms with E-state index in [1.165, 1.54) is 24.5 Å². The molecule has 0 atom stereocenters. The van der Waals surface area contributed by atoms with Crippen molar-refractivity contribution in [1.29, 1.82) is 0 Å². The minimum Gasteiger partial charge on any atom is -0.382 e. The van der Waals surface area contributed by atoms with Crippen molar-refractivity contribution in [2.75, 3.05) is 5.73 Å². The second-order valence-corrected chi connectivity index (χ2v) is 7.68. The number of nitrogen functional groups attached to an aromatic ring is 1. The smallest absolute Gasteiger partial charge is 0.332 e. The predicted molar refractivity (Wildman–Crippen MR) is 107 cm³/mol. The number of amides is 1. The van der Waals surface area contributed by atoms with Crippen molar-refractivity contribution in [2.45, 2.75) is 11.4 Å². The molecule has 9 nitrogen and oxygen atoms in total. The summed E-state index contributed by atoms with van der Waals surface area (Å²) in [5.41, 5.74) is 7.96. The van der Waals surface area contributed by atoms with Gasteiger partial charge in [-0.25, -0.2) is 15.0 Å². The molecular weight excluding hydrogens is 411 g/mol. The Morgan fingerprint density at radius 3 is 2.70 bits per heavy atom. The van der Waals surface area contributed by atoms with Crippen LogP contribution < -0.4 is 11.1 Å². The summed E-state index contributed by atoms with van der Waals surface area (Å²) >= 11 is 0. The fourth-order valence-corrected chi connectivity index (χ4v) is 3.62. The highest BCUT2D eigenvalue weighted by atomic mass is 32.3. The number of anilines is 1. The molecule has 0 aliphatic heterocycles. The third-order valence-corrected chi connectivity index (χ3v) is 5.25. The van der Waals surface area contributed by atoms with Crippen LogP contribution in [0, 0.1) is 0 Å². The van der Waals surface area contributed by atoms with Gasteiger partial charge in [-0.15, -0.1) is 3.89 Å². The van der Waals surface area contributed by atoms with E-state index in [1.807, 2.05) is 6.07 Å². The summed E-state index contributed by atoms with van der Waals surface area (Å²) in [6.45, 7) is 0.0928. The van der Waals surface area contributed by atoms with Crippen LogP contribution in [0.25, 0.3) is 22.6 Å². The Morgan fingerprint density at radius 2 is 1.93 bits per heavy atom. The monoisotopic (exact) mass is 426 g/mol. The predicted octanol–water partition coefficient (Wildman–Crippen LogP) is 2.19. The van der Waals surface area contributed by atoms with E-state index in [0.717, 1.165) is 17.2 Å². The number of benzene rings is 2. The molecule has 0 aliphatic carbocycles. The molecular formula is C19H15FN6O3S. The van der Waals surface area contributed by atoms with Gasteiger partial charge in [-0.3, -0.25) is 4.79 Å².